The van der Waals surface area contributed by atoms with Crippen molar-refractivity contribution < 1.29 is 4.79 Å². The molecule has 8 heteroatoms. The van der Waals surface area contributed by atoms with E-state index in [-0.39, 0.29) is 11.5 Å². The predicted octanol–water partition coefficient (Wildman–Crippen LogP) is 0.903. The van der Waals surface area contributed by atoms with E-state index in [1.54, 1.807) is 25.4 Å². The Hall–Kier alpha value is -3.42. The summed E-state index contributed by atoms with van der Waals surface area (Å²) in [7, 11) is 0. The molecule has 3 aromatic rings. The lowest BCUT2D eigenvalue weighted by Gasteiger charge is -2.06. The smallest absolute Gasteiger partial charge is 0.254 e. The minimum atomic E-state index is -0.278. The van der Waals surface area contributed by atoms with Gasteiger partial charge in [-0.05, 0) is 19.1 Å². The number of hydrogen-bond acceptors (Lipinski definition) is 6. The Morgan fingerprint density at radius 2 is 2.04 bits per heavy atom. The molecule has 3 aromatic heterocycles. The molecule has 0 aromatic carbocycles. The molecule has 0 saturated carbocycles. The highest BCUT2D eigenvalue weighted by Crippen LogP contribution is 2.11. The molecule has 3 rings (SSSR count). The average molecular weight is 336 g/mol. The Labute approximate surface area is 143 Å². The number of amides is 1. The molecular formula is C17H16N6O2. The quantitative estimate of drug-likeness (QED) is 0.716. The molecule has 126 valence electrons. The summed E-state index contributed by atoms with van der Waals surface area (Å²) in [4.78, 5) is 42.7. The van der Waals surface area contributed by atoms with Crippen molar-refractivity contribution in [2.24, 2.45) is 0 Å². The largest absolute Gasteiger partial charge is 0.352 e. The van der Waals surface area contributed by atoms with E-state index in [1.165, 1.54) is 18.5 Å². The summed E-state index contributed by atoms with van der Waals surface area (Å²) < 4.78 is 0. The second kappa shape index (κ2) is 7.43. The van der Waals surface area contributed by atoms with Crippen molar-refractivity contribution >= 4 is 5.91 Å². The van der Waals surface area contributed by atoms with Crippen LogP contribution >= 0.6 is 0 Å². The molecule has 0 spiro atoms. The third-order valence-corrected chi connectivity index (χ3v) is 3.41. The summed E-state index contributed by atoms with van der Waals surface area (Å²) in [6.45, 7) is 2.07. The molecule has 2 N–H and O–H groups in total. The maximum absolute atomic E-state index is 12.1. The van der Waals surface area contributed by atoms with Gasteiger partial charge in [-0.2, -0.15) is 0 Å². The summed E-state index contributed by atoms with van der Waals surface area (Å²) in [6, 6.07) is 5.06. The zero-order valence-electron chi connectivity index (χ0n) is 13.6. The summed E-state index contributed by atoms with van der Waals surface area (Å²) in [5.74, 6) is 0.778. The van der Waals surface area contributed by atoms with Gasteiger partial charge in [0.1, 0.15) is 5.82 Å². The van der Waals surface area contributed by atoms with Crippen molar-refractivity contribution in [1.29, 1.82) is 0 Å². The van der Waals surface area contributed by atoms with Gasteiger partial charge in [0.15, 0.2) is 5.82 Å². The molecule has 25 heavy (non-hydrogen) atoms. The number of hydrogen-bond donors (Lipinski definition) is 2. The number of H-pyrrole nitrogens is 1. The van der Waals surface area contributed by atoms with Crippen molar-refractivity contribution in [3.8, 4) is 11.4 Å². The fourth-order valence-electron chi connectivity index (χ4n) is 2.26. The molecular weight excluding hydrogens is 320 g/mol. The molecule has 0 atom stereocenters. The summed E-state index contributed by atoms with van der Waals surface area (Å²) in [6.07, 6.45) is 6.74. The number of carbonyl (C=O) groups excluding carboxylic acids is 1. The molecule has 0 bridgehead atoms. The van der Waals surface area contributed by atoms with E-state index in [4.69, 9.17) is 0 Å². The van der Waals surface area contributed by atoms with Crippen LogP contribution in [-0.2, 0) is 6.42 Å². The average Bonchev–Trinajstić information content (AvgIpc) is 2.62. The second-order valence-corrected chi connectivity index (χ2v) is 5.37. The number of aromatic amines is 1. The number of aryl methyl sites for hydroxylation is 1. The number of nitrogens with one attached hydrogen (secondary N) is 2. The molecule has 8 nitrogen and oxygen atoms in total. The minimum Gasteiger partial charge on any atom is -0.352 e. The van der Waals surface area contributed by atoms with Crippen molar-refractivity contribution in [1.82, 2.24) is 30.2 Å². The van der Waals surface area contributed by atoms with Crippen LogP contribution in [0.1, 0.15) is 21.9 Å². The van der Waals surface area contributed by atoms with Gasteiger partial charge in [0.2, 0.25) is 0 Å². The van der Waals surface area contributed by atoms with Crippen LogP contribution in [0.4, 0.5) is 0 Å². The highest BCUT2D eigenvalue weighted by Gasteiger charge is 2.08. The first kappa shape index (κ1) is 16.4. The van der Waals surface area contributed by atoms with Crippen molar-refractivity contribution in [3.05, 3.63) is 70.4 Å². The Morgan fingerprint density at radius 3 is 2.72 bits per heavy atom. The predicted molar refractivity (Wildman–Crippen MR) is 90.9 cm³/mol. The molecule has 0 saturated heterocycles. The van der Waals surface area contributed by atoms with Crippen LogP contribution in [0.5, 0.6) is 0 Å². The summed E-state index contributed by atoms with van der Waals surface area (Å²) >= 11 is 0. The van der Waals surface area contributed by atoms with Gasteiger partial charge in [-0.1, -0.05) is 0 Å². The van der Waals surface area contributed by atoms with Gasteiger partial charge in [0.05, 0.1) is 5.56 Å². The number of aromatic nitrogens is 5. The van der Waals surface area contributed by atoms with Crippen LogP contribution in [0.3, 0.4) is 0 Å². The maximum atomic E-state index is 12.1. The SMILES string of the molecule is Cc1nc(CCNC(=O)c2cnc(-c3cccnc3)nc2)cc(=O)[nH]1. The fourth-order valence-corrected chi connectivity index (χ4v) is 2.26. The van der Waals surface area contributed by atoms with Gasteiger partial charge < -0.3 is 10.3 Å². The third kappa shape index (κ3) is 4.31. The molecule has 0 aliphatic carbocycles. The Morgan fingerprint density at radius 1 is 1.24 bits per heavy atom. The zero-order chi connectivity index (χ0) is 17.6. The van der Waals surface area contributed by atoms with Gasteiger partial charge in [-0.3, -0.25) is 14.6 Å². The van der Waals surface area contributed by atoms with Gasteiger partial charge in [0.25, 0.3) is 11.5 Å². The third-order valence-electron chi connectivity index (χ3n) is 3.41. The van der Waals surface area contributed by atoms with Crippen LogP contribution in [-0.4, -0.2) is 37.4 Å². The lowest BCUT2D eigenvalue weighted by Crippen LogP contribution is -2.26. The standard InChI is InChI=1S/C17H16N6O2/c1-11-22-14(7-15(24)23-11)4-6-19-17(25)13-9-20-16(21-10-13)12-3-2-5-18-8-12/h2-3,5,7-10H,4,6H2,1H3,(H,19,25)(H,22,23,24). The Kier molecular flexibility index (Phi) is 4.89. The first-order valence-corrected chi connectivity index (χ1v) is 7.69. The van der Waals surface area contributed by atoms with E-state index >= 15 is 0 Å². The molecule has 0 radical (unpaired) electrons. The van der Waals surface area contributed by atoms with E-state index in [9.17, 15) is 9.59 Å². The highest BCUT2D eigenvalue weighted by atomic mass is 16.1. The van der Waals surface area contributed by atoms with Gasteiger partial charge in [0, 0.05) is 55.1 Å². The number of rotatable bonds is 5. The van der Waals surface area contributed by atoms with E-state index < -0.39 is 0 Å². The number of nitrogens with zero attached hydrogens (tertiary/aromatic N) is 4. The van der Waals surface area contributed by atoms with E-state index in [2.05, 4.69) is 30.2 Å². The molecule has 0 aliphatic rings. The topological polar surface area (TPSA) is 114 Å². The first-order valence-electron chi connectivity index (χ1n) is 7.69. The van der Waals surface area contributed by atoms with Crippen LogP contribution in [0.15, 0.2) is 47.8 Å². The Balaban J connectivity index is 1.59. The lowest BCUT2D eigenvalue weighted by atomic mass is 10.2. The number of carbonyl (C=O) groups is 1. The second-order valence-electron chi connectivity index (χ2n) is 5.37. The van der Waals surface area contributed by atoms with E-state index in [0.717, 1.165) is 5.56 Å². The van der Waals surface area contributed by atoms with Crippen LogP contribution in [0, 0.1) is 6.92 Å². The maximum Gasteiger partial charge on any atom is 0.254 e. The molecule has 3 heterocycles. The summed E-state index contributed by atoms with van der Waals surface area (Å²) in [5, 5.41) is 2.76. The van der Waals surface area contributed by atoms with Crippen molar-refractivity contribution in [2.45, 2.75) is 13.3 Å². The van der Waals surface area contributed by atoms with Crippen LogP contribution < -0.4 is 10.9 Å². The van der Waals surface area contributed by atoms with Gasteiger partial charge in [-0.25, -0.2) is 15.0 Å². The minimum absolute atomic E-state index is 0.201. The van der Waals surface area contributed by atoms with Crippen LogP contribution in [0.2, 0.25) is 0 Å². The molecule has 0 fully saturated rings. The normalized spacial score (nSPS) is 10.4. The van der Waals surface area contributed by atoms with E-state index in [1.807, 2.05) is 6.07 Å². The molecule has 0 aliphatic heterocycles. The monoisotopic (exact) mass is 336 g/mol. The fraction of sp³-hybridized carbons (Fsp3) is 0.176. The lowest BCUT2D eigenvalue weighted by molar-refractivity contribution is 0.0953. The number of pyridine rings is 1. The highest BCUT2D eigenvalue weighted by molar-refractivity contribution is 5.93. The Bertz CT molecular complexity index is 922. The van der Waals surface area contributed by atoms with Crippen molar-refractivity contribution in [2.75, 3.05) is 6.54 Å². The van der Waals surface area contributed by atoms with Crippen LogP contribution in [0.25, 0.3) is 11.4 Å². The molecule has 1 amide bonds. The summed E-state index contributed by atoms with van der Waals surface area (Å²) in [5.41, 5.74) is 1.57. The van der Waals surface area contributed by atoms with Crippen molar-refractivity contribution in [3.63, 3.8) is 0 Å². The zero-order valence-corrected chi connectivity index (χ0v) is 13.6. The van der Waals surface area contributed by atoms with E-state index in [0.29, 0.717) is 35.9 Å². The van der Waals surface area contributed by atoms with Gasteiger partial charge >= 0.3 is 0 Å². The first-order chi connectivity index (χ1) is 12.1. The molecule has 0 unspecified atom stereocenters. The van der Waals surface area contributed by atoms with Gasteiger partial charge in [-0.15, -0.1) is 0 Å².